The lowest BCUT2D eigenvalue weighted by molar-refractivity contribution is 0.122. The first-order chi connectivity index (χ1) is 13.6. The minimum atomic E-state index is 0. The number of piperazine rings is 1. The molecule has 6 heteroatoms. The Morgan fingerprint density at radius 3 is 2.45 bits per heavy atom. The van der Waals surface area contributed by atoms with Gasteiger partial charge in [-0.1, -0.05) is 37.3 Å². The van der Waals surface area contributed by atoms with Crippen molar-refractivity contribution in [2.45, 2.75) is 39.2 Å². The van der Waals surface area contributed by atoms with Crippen molar-refractivity contribution in [1.29, 1.82) is 0 Å². The van der Waals surface area contributed by atoms with Crippen LogP contribution < -0.4 is 5.32 Å². The van der Waals surface area contributed by atoms with Crippen LogP contribution in [0.1, 0.15) is 38.7 Å². The largest absolute Gasteiger partial charge is 0.357 e. The molecule has 0 bridgehead atoms. The van der Waals surface area contributed by atoms with Crippen LogP contribution in [0.2, 0.25) is 0 Å². The predicted octanol–water partition coefficient (Wildman–Crippen LogP) is 3.33. The maximum Gasteiger partial charge on any atom is 0.193 e. The van der Waals surface area contributed by atoms with E-state index >= 15 is 0 Å². The van der Waals surface area contributed by atoms with E-state index in [1.807, 2.05) is 0 Å². The van der Waals surface area contributed by atoms with Crippen LogP contribution in [0.25, 0.3) is 0 Å². The highest BCUT2D eigenvalue weighted by Crippen LogP contribution is 2.32. The van der Waals surface area contributed by atoms with Gasteiger partial charge in [0.25, 0.3) is 0 Å². The van der Waals surface area contributed by atoms with Gasteiger partial charge < -0.3 is 15.1 Å². The molecular formula is C23H40IN5. The summed E-state index contributed by atoms with van der Waals surface area (Å²) in [5.74, 6) is 2.39. The first kappa shape index (κ1) is 24.4. The summed E-state index contributed by atoms with van der Waals surface area (Å²) in [6.45, 7) is 15.5. The number of likely N-dealkylation sites (tertiary alicyclic amines) is 1. The molecule has 2 heterocycles. The minimum absolute atomic E-state index is 0. The molecule has 2 fully saturated rings. The van der Waals surface area contributed by atoms with Crippen molar-refractivity contribution in [1.82, 2.24) is 20.0 Å². The van der Waals surface area contributed by atoms with Crippen molar-refractivity contribution < 1.29 is 0 Å². The Labute approximate surface area is 194 Å². The highest BCUT2D eigenvalue weighted by Gasteiger charge is 2.29. The van der Waals surface area contributed by atoms with Crippen molar-refractivity contribution in [2.75, 3.05) is 59.4 Å². The lowest BCUT2D eigenvalue weighted by Crippen LogP contribution is -2.50. The fourth-order valence-corrected chi connectivity index (χ4v) is 4.56. The lowest BCUT2D eigenvalue weighted by atomic mass is 9.82. The van der Waals surface area contributed by atoms with Crippen LogP contribution in [0.5, 0.6) is 0 Å². The lowest BCUT2D eigenvalue weighted by Gasteiger charge is -2.39. The summed E-state index contributed by atoms with van der Waals surface area (Å²) < 4.78 is 0. The molecule has 3 rings (SSSR count). The number of benzene rings is 1. The fourth-order valence-electron chi connectivity index (χ4n) is 4.56. The van der Waals surface area contributed by atoms with Gasteiger partial charge >= 0.3 is 0 Å². The number of hydrogen-bond donors (Lipinski definition) is 1. The molecule has 0 aliphatic carbocycles. The second-order valence-corrected chi connectivity index (χ2v) is 8.61. The second kappa shape index (κ2) is 12.1. The van der Waals surface area contributed by atoms with Gasteiger partial charge in [-0.3, -0.25) is 9.89 Å². The van der Waals surface area contributed by atoms with E-state index in [1.54, 1.807) is 0 Å². The molecule has 3 unspecified atom stereocenters. The third-order valence-corrected chi connectivity index (χ3v) is 6.43. The zero-order chi connectivity index (χ0) is 19.9. The molecule has 1 aromatic rings. The van der Waals surface area contributed by atoms with E-state index in [0.29, 0.717) is 17.9 Å². The van der Waals surface area contributed by atoms with Crippen LogP contribution >= 0.6 is 24.0 Å². The first-order valence-electron chi connectivity index (χ1n) is 11.1. The van der Waals surface area contributed by atoms with Crippen LogP contribution in [0.3, 0.4) is 0 Å². The van der Waals surface area contributed by atoms with Crippen molar-refractivity contribution in [3.8, 4) is 0 Å². The zero-order valence-corrected chi connectivity index (χ0v) is 21.0. The normalized spacial score (nSPS) is 25.4. The third kappa shape index (κ3) is 6.82. The number of rotatable bonds is 5. The van der Waals surface area contributed by atoms with Crippen LogP contribution in [-0.4, -0.2) is 86.1 Å². The zero-order valence-electron chi connectivity index (χ0n) is 18.7. The number of nitrogens with one attached hydrogen (secondary N) is 1. The summed E-state index contributed by atoms with van der Waals surface area (Å²) in [7, 11) is 2.21. The molecule has 1 aromatic carbocycles. The van der Waals surface area contributed by atoms with Gasteiger partial charge in [0.05, 0.1) is 6.54 Å². The van der Waals surface area contributed by atoms with E-state index in [0.717, 1.165) is 45.2 Å². The molecule has 2 aliphatic rings. The van der Waals surface area contributed by atoms with Gasteiger partial charge in [-0.25, -0.2) is 0 Å². The van der Waals surface area contributed by atoms with E-state index < -0.39 is 0 Å². The summed E-state index contributed by atoms with van der Waals surface area (Å²) in [6, 6.07) is 11.5. The molecule has 0 aromatic heterocycles. The van der Waals surface area contributed by atoms with Gasteiger partial charge in [-0.2, -0.15) is 0 Å². The van der Waals surface area contributed by atoms with E-state index in [-0.39, 0.29) is 24.0 Å². The molecule has 164 valence electrons. The summed E-state index contributed by atoms with van der Waals surface area (Å²) in [5, 5.41) is 3.54. The Morgan fingerprint density at radius 1 is 1.14 bits per heavy atom. The number of guanidine groups is 1. The Kier molecular flexibility index (Phi) is 10.2. The molecule has 0 amide bonds. The van der Waals surface area contributed by atoms with Gasteiger partial charge in [-0.15, -0.1) is 24.0 Å². The van der Waals surface area contributed by atoms with Crippen molar-refractivity contribution in [3.63, 3.8) is 0 Å². The van der Waals surface area contributed by atoms with Gasteiger partial charge in [-0.05, 0) is 44.7 Å². The molecular weight excluding hydrogens is 473 g/mol. The Balaban J connectivity index is 0.00000300. The summed E-state index contributed by atoms with van der Waals surface area (Å²) in [6.07, 6.45) is 1.20. The first-order valence-corrected chi connectivity index (χ1v) is 11.1. The minimum Gasteiger partial charge on any atom is -0.357 e. The number of hydrogen-bond acceptors (Lipinski definition) is 3. The molecule has 29 heavy (non-hydrogen) atoms. The van der Waals surface area contributed by atoms with Crippen LogP contribution in [0.15, 0.2) is 35.3 Å². The van der Waals surface area contributed by atoms with Crippen LogP contribution in [0.4, 0.5) is 0 Å². The van der Waals surface area contributed by atoms with Gasteiger partial charge in [0, 0.05) is 51.9 Å². The smallest absolute Gasteiger partial charge is 0.193 e. The quantitative estimate of drug-likeness (QED) is 0.372. The van der Waals surface area contributed by atoms with Crippen molar-refractivity contribution in [3.05, 3.63) is 35.9 Å². The predicted molar refractivity (Wildman–Crippen MR) is 134 cm³/mol. The highest BCUT2D eigenvalue weighted by molar-refractivity contribution is 14.0. The topological polar surface area (TPSA) is 34.1 Å². The molecule has 0 spiro atoms. The SMILES string of the molecule is CCNC(=NCC(C)N1CCN(C)CC1)N1CCC(c2ccccc2)C(C)C1.I. The summed E-state index contributed by atoms with van der Waals surface area (Å²) in [5.41, 5.74) is 1.49. The van der Waals surface area contributed by atoms with Crippen LogP contribution in [-0.2, 0) is 0 Å². The average Bonchev–Trinajstić information content (AvgIpc) is 2.72. The van der Waals surface area contributed by atoms with E-state index in [1.165, 1.54) is 25.1 Å². The average molecular weight is 514 g/mol. The summed E-state index contributed by atoms with van der Waals surface area (Å²) in [4.78, 5) is 12.5. The Bertz CT molecular complexity index is 615. The maximum atomic E-state index is 5.04. The number of aliphatic imine (C=N–C) groups is 1. The van der Waals surface area contributed by atoms with Gasteiger partial charge in [0.15, 0.2) is 5.96 Å². The number of piperidine rings is 1. The number of likely N-dealkylation sites (N-methyl/N-ethyl adjacent to an activating group) is 1. The van der Waals surface area contributed by atoms with E-state index in [4.69, 9.17) is 4.99 Å². The molecule has 3 atom stereocenters. The number of nitrogens with zero attached hydrogens (tertiary/aromatic N) is 4. The molecule has 1 N–H and O–H groups in total. The maximum absolute atomic E-state index is 5.04. The van der Waals surface area contributed by atoms with Gasteiger partial charge in [0.2, 0.25) is 0 Å². The Morgan fingerprint density at radius 2 is 1.83 bits per heavy atom. The summed E-state index contributed by atoms with van der Waals surface area (Å²) >= 11 is 0. The molecule has 2 saturated heterocycles. The molecule has 0 radical (unpaired) electrons. The Hall–Kier alpha value is -0.860. The van der Waals surface area contributed by atoms with Crippen molar-refractivity contribution >= 4 is 29.9 Å². The molecule has 0 saturated carbocycles. The standard InChI is InChI=1S/C23H39N5.HI/c1-5-24-23(25-17-20(3)27-15-13-26(4)14-16-27)28-12-11-22(19(2)18-28)21-9-7-6-8-10-21;/h6-10,19-20,22H,5,11-18H2,1-4H3,(H,24,25);1H. The van der Waals surface area contributed by atoms with Crippen molar-refractivity contribution in [2.24, 2.45) is 10.9 Å². The second-order valence-electron chi connectivity index (χ2n) is 8.61. The molecule has 5 nitrogen and oxygen atoms in total. The van der Waals surface area contributed by atoms with E-state index in [9.17, 15) is 0 Å². The third-order valence-electron chi connectivity index (χ3n) is 6.43. The van der Waals surface area contributed by atoms with Gasteiger partial charge in [0.1, 0.15) is 0 Å². The highest BCUT2D eigenvalue weighted by atomic mass is 127. The van der Waals surface area contributed by atoms with E-state index in [2.05, 4.69) is 78.2 Å². The fraction of sp³-hybridized carbons (Fsp3) is 0.696. The monoisotopic (exact) mass is 513 g/mol. The van der Waals surface area contributed by atoms with Crippen LogP contribution in [0, 0.1) is 5.92 Å². The molecule has 2 aliphatic heterocycles. The number of halogens is 1.